The van der Waals surface area contributed by atoms with Crippen molar-refractivity contribution >= 4 is 33.8 Å². The number of benzene rings is 2. The van der Waals surface area contributed by atoms with Crippen LogP contribution in [0.25, 0.3) is 0 Å². The monoisotopic (exact) mass is 359 g/mol. The third-order valence-corrected chi connectivity index (χ3v) is 4.02. The first-order valence-electron chi connectivity index (χ1n) is 7.27. The molecule has 0 aromatic heterocycles. The minimum atomic E-state index is -0.00684. The van der Waals surface area contributed by atoms with Crippen LogP contribution < -0.4 is 5.32 Å². The molecule has 0 saturated carbocycles. The van der Waals surface area contributed by atoms with Gasteiger partial charge in [-0.1, -0.05) is 30.3 Å². The van der Waals surface area contributed by atoms with Gasteiger partial charge >= 0.3 is 0 Å². The minimum Gasteiger partial charge on any atom is -0.325 e. The Morgan fingerprint density at radius 2 is 1.86 bits per heavy atom. The van der Waals surface area contributed by atoms with E-state index in [0.717, 1.165) is 30.0 Å². The molecule has 1 N–H and O–H groups in total. The normalized spacial score (nSPS) is 10.2. The van der Waals surface area contributed by atoms with E-state index in [9.17, 15) is 9.59 Å². The van der Waals surface area contributed by atoms with Crippen molar-refractivity contribution < 1.29 is 9.59 Å². The van der Waals surface area contributed by atoms with E-state index in [1.165, 1.54) is 5.56 Å². The Morgan fingerprint density at radius 1 is 1.09 bits per heavy atom. The van der Waals surface area contributed by atoms with Gasteiger partial charge in [-0.05, 0) is 59.0 Å². The van der Waals surface area contributed by atoms with Crippen molar-refractivity contribution in [1.82, 2.24) is 0 Å². The van der Waals surface area contributed by atoms with Gasteiger partial charge in [-0.25, -0.2) is 0 Å². The fourth-order valence-electron chi connectivity index (χ4n) is 2.18. The van der Waals surface area contributed by atoms with Crippen LogP contribution in [0.4, 0.5) is 5.69 Å². The first-order chi connectivity index (χ1) is 10.7. The molecule has 114 valence electrons. The first-order valence-corrected chi connectivity index (χ1v) is 8.07. The number of aryl methyl sites for hydroxylation is 1. The number of amides is 1. The summed E-state index contributed by atoms with van der Waals surface area (Å²) in [6, 6.07) is 15.4. The molecule has 0 spiro atoms. The molecule has 4 heteroatoms. The van der Waals surface area contributed by atoms with E-state index in [-0.39, 0.29) is 5.91 Å². The van der Waals surface area contributed by atoms with Crippen LogP contribution in [0.2, 0.25) is 0 Å². The van der Waals surface area contributed by atoms with Crippen LogP contribution in [0, 0.1) is 0 Å². The fraction of sp³-hybridized carbons (Fsp3) is 0.222. The second kappa shape index (κ2) is 8.49. The molecule has 2 aromatic carbocycles. The largest absolute Gasteiger partial charge is 0.325 e. The molecule has 0 aliphatic carbocycles. The van der Waals surface area contributed by atoms with E-state index >= 15 is 0 Å². The summed E-state index contributed by atoms with van der Waals surface area (Å²) in [6.07, 6.45) is 4.11. The number of unbranched alkanes of at least 4 members (excludes halogenated alkanes) is 1. The zero-order chi connectivity index (χ0) is 15.8. The molecule has 0 radical (unpaired) electrons. The summed E-state index contributed by atoms with van der Waals surface area (Å²) in [5.41, 5.74) is 2.57. The molecule has 0 heterocycles. The number of hydrogen-bond acceptors (Lipinski definition) is 2. The van der Waals surface area contributed by atoms with Gasteiger partial charge in [0, 0.05) is 16.5 Å². The van der Waals surface area contributed by atoms with E-state index < -0.39 is 0 Å². The Labute approximate surface area is 138 Å². The highest BCUT2D eigenvalue weighted by molar-refractivity contribution is 9.10. The first kappa shape index (κ1) is 16.4. The van der Waals surface area contributed by atoms with Crippen molar-refractivity contribution in [3.8, 4) is 0 Å². The van der Waals surface area contributed by atoms with Gasteiger partial charge in [-0.15, -0.1) is 0 Å². The Balaban J connectivity index is 1.75. The lowest BCUT2D eigenvalue weighted by molar-refractivity contribution is -0.116. The standard InChI is InChI=1S/C18H18BrNO2/c19-16-12-15(13-21)10-11-17(16)20-18(22)9-5-4-8-14-6-2-1-3-7-14/h1-3,6-7,10-13H,4-5,8-9H2,(H,20,22). The van der Waals surface area contributed by atoms with E-state index in [1.54, 1.807) is 18.2 Å². The number of nitrogens with one attached hydrogen (secondary N) is 1. The average molecular weight is 360 g/mol. The van der Waals surface area contributed by atoms with Gasteiger partial charge in [-0.2, -0.15) is 0 Å². The Morgan fingerprint density at radius 3 is 2.55 bits per heavy atom. The van der Waals surface area contributed by atoms with Crippen molar-refractivity contribution in [3.63, 3.8) is 0 Å². The number of anilines is 1. The highest BCUT2D eigenvalue weighted by Gasteiger charge is 2.06. The molecule has 0 saturated heterocycles. The van der Waals surface area contributed by atoms with E-state index in [1.807, 2.05) is 18.2 Å². The lowest BCUT2D eigenvalue weighted by Crippen LogP contribution is -2.11. The third-order valence-electron chi connectivity index (χ3n) is 3.37. The molecule has 0 fully saturated rings. The summed E-state index contributed by atoms with van der Waals surface area (Å²) in [5, 5.41) is 2.86. The summed E-state index contributed by atoms with van der Waals surface area (Å²) in [6.45, 7) is 0. The van der Waals surface area contributed by atoms with Gasteiger partial charge in [0.25, 0.3) is 0 Å². The van der Waals surface area contributed by atoms with Gasteiger partial charge in [0.2, 0.25) is 5.91 Å². The van der Waals surface area contributed by atoms with Gasteiger partial charge in [0.1, 0.15) is 6.29 Å². The minimum absolute atomic E-state index is 0.00684. The highest BCUT2D eigenvalue weighted by atomic mass is 79.9. The lowest BCUT2D eigenvalue weighted by Gasteiger charge is -2.08. The molecule has 0 atom stereocenters. The van der Waals surface area contributed by atoms with Crippen LogP contribution in [0.5, 0.6) is 0 Å². The Hall–Kier alpha value is -1.94. The fourth-order valence-corrected chi connectivity index (χ4v) is 2.67. The molecule has 22 heavy (non-hydrogen) atoms. The van der Waals surface area contributed by atoms with Gasteiger partial charge < -0.3 is 5.32 Å². The second-order valence-electron chi connectivity index (χ2n) is 5.10. The van der Waals surface area contributed by atoms with Gasteiger partial charge in [-0.3, -0.25) is 9.59 Å². The average Bonchev–Trinajstić information content (AvgIpc) is 2.54. The summed E-state index contributed by atoms with van der Waals surface area (Å²) < 4.78 is 0.717. The lowest BCUT2D eigenvalue weighted by atomic mass is 10.1. The molecule has 2 aromatic rings. The number of rotatable bonds is 7. The molecule has 3 nitrogen and oxygen atoms in total. The van der Waals surface area contributed by atoms with Crippen LogP contribution in [0.3, 0.4) is 0 Å². The summed E-state index contributed by atoms with van der Waals surface area (Å²) in [5.74, 6) is -0.00684. The molecule has 0 unspecified atom stereocenters. The van der Waals surface area contributed by atoms with Crippen LogP contribution in [-0.2, 0) is 11.2 Å². The van der Waals surface area contributed by atoms with Crippen molar-refractivity contribution in [2.45, 2.75) is 25.7 Å². The van der Waals surface area contributed by atoms with Crippen molar-refractivity contribution in [2.75, 3.05) is 5.32 Å². The summed E-state index contributed by atoms with van der Waals surface area (Å²) in [7, 11) is 0. The van der Waals surface area contributed by atoms with Crippen LogP contribution in [0.1, 0.15) is 35.2 Å². The predicted octanol–water partition coefficient (Wildman–Crippen LogP) is 4.61. The highest BCUT2D eigenvalue weighted by Crippen LogP contribution is 2.23. The van der Waals surface area contributed by atoms with Gasteiger partial charge in [0.15, 0.2) is 0 Å². The molecule has 0 bridgehead atoms. The van der Waals surface area contributed by atoms with E-state index in [0.29, 0.717) is 17.7 Å². The van der Waals surface area contributed by atoms with Crippen molar-refractivity contribution in [3.05, 3.63) is 64.1 Å². The zero-order valence-corrected chi connectivity index (χ0v) is 13.8. The maximum Gasteiger partial charge on any atom is 0.224 e. The maximum atomic E-state index is 11.9. The van der Waals surface area contributed by atoms with Crippen molar-refractivity contribution in [1.29, 1.82) is 0 Å². The number of carbonyl (C=O) groups is 2. The summed E-state index contributed by atoms with van der Waals surface area (Å²) in [4.78, 5) is 22.6. The topological polar surface area (TPSA) is 46.2 Å². The number of hydrogen-bond donors (Lipinski definition) is 1. The van der Waals surface area contributed by atoms with Crippen LogP contribution in [0.15, 0.2) is 53.0 Å². The molecule has 0 aliphatic heterocycles. The third kappa shape index (κ3) is 5.11. The maximum absolute atomic E-state index is 11.9. The molecule has 2 rings (SSSR count). The van der Waals surface area contributed by atoms with E-state index in [4.69, 9.17) is 0 Å². The SMILES string of the molecule is O=Cc1ccc(NC(=O)CCCCc2ccccc2)c(Br)c1. The van der Waals surface area contributed by atoms with E-state index in [2.05, 4.69) is 33.4 Å². The summed E-state index contributed by atoms with van der Waals surface area (Å²) >= 11 is 3.36. The van der Waals surface area contributed by atoms with Gasteiger partial charge in [0.05, 0.1) is 5.69 Å². The number of carbonyl (C=O) groups excluding carboxylic acids is 2. The van der Waals surface area contributed by atoms with Crippen molar-refractivity contribution in [2.24, 2.45) is 0 Å². The molecule has 0 aliphatic rings. The molecule has 1 amide bonds. The Bertz CT molecular complexity index is 641. The smallest absolute Gasteiger partial charge is 0.224 e. The molecular formula is C18H18BrNO2. The number of aldehydes is 1. The molecular weight excluding hydrogens is 342 g/mol. The number of halogens is 1. The second-order valence-corrected chi connectivity index (χ2v) is 5.95. The predicted molar refractivity (Wildman–Crippen MR) is 92.2 cm³/mol. The Kier molecular flexibility index (Phi) is 6.34. The zero-order valence-electron chi connectivity index (χ0n) is 12.2. The van der Waals surface area contributed by atoms with Crippen LogP contribution in [-0.4, -0.2) is 12.2 Å². The van der Waals surface area contributed by atoms with Crippen LogP contribution >= 0.6 is 15.9 Å². The quantitative estimate of drug-likeness (QED) is 0.579.